The van der Waals surface area contributed by atoms with E-state index in [0.29, 0.717) is 5.41 Å². The van der Waals surface area contributed by atoms with Gasteiger partial charge in [-0.1, -0.05) is 0 Å². The van der Waals surface area contributed by atoms with Gasteiger partial charge in [0.05, 0.1) is 0 Å². The van der Waals surface area contributed by atoms with E-state index in [4.69, 9.17) is 4.74 Å². The number of anilines is 1. The molecule has 1 heterocycles. The molecule has 94 valence electrons. The summed E-state index contributed by atoms with van der Waals surface area (Å²) < 4.78 is 5.15. The average molecular weight is 253 g/mol. The van der Waals surface area contributed by atoms with E-state index >= 15 is 0 Å². The molecule has 2 rings (SSSR count). The Labute approximate surface area is 107 Å². The second-order valence-corrected chi connectivity index (χ2v) is 5.37. The summed E-state index contributed by atoms with van der Waals surface area (Å²) in [4.78, 5) is 8.39. The Hall–Kier alpha value is -0.810. The summed E-state index contributed by atoms with van der Waals surface area (Å²) >= 11 is 1.63. The molecule has 1 fully saturated rings. The van der Waals surface area contributed by atoms with Crippen LogP contribution in [0.2, 0.25) is 0 Å². The normalized spacial score (nSPS) is 16.8. The summed E-state index contributed by atoms with van der Waals surface area (Å²) in [6.45, 7) is 1.84. The Morgan fingerprint density at radius 3 is 2.94 bits per heavy atom. The molecule has 0 saturated heterocycles. The van der Waals surface area contributed by atoms with Crippen LogP contribution in [0.5, 0.6) is 0 Å². The molecule has 0 bridgehead atoms. The van der Waals surface area contributed by atoms with Crippen molar-refractivity contribution in [2.45, 2.75) is 24.3 Å². The van der Waals surface area contributed by atoms with Gasteiger partial charge in [0.25, 0.3) is 0 Å². The van der Waals surface area contributed by atoms with Gasteiger partial charge >= 0.3 is 0 Å². The Morgan fingerprint density at radius 1 is 1.47 bits per heavy atom. The number of hydrogen-bond donors (Lipinski definition) is 1. The molecule has 0 atom stereocenters. The second-order valence-electron chi connectivity index (χ2n) is 4.54. The first-order chi connectivity index (χ1) is 8.28. The van der Waals surface area contributed by atoms with Crippen LogP contribution in [0.15, 0.2) is 17.4 Å². The summed E-state index contributed by atoms with van der Waals surface area (Å²) in [5.41, 5.74) is 0.445. The predicted molar refractivity (Wildman–Crippen MR) is 70.5 cm³/mol. The molecular weight excluding hydrogens is 234 g/mol. The van der Waals surface area contributed by atoms with Crippen molar-refractivity contribution in [1.82, 2.24) is 9.97 Å². The molecule has 17 heavy (non-hydrogen) atoms. The van der Waals surface area contributed by atoms with Crippen molar-refractivity contribution in [3.05, 3.63) is 12.4 Å². The number of nitrogens with one attached hydrogen (secondary N) is 1. The molecular formula is C12H19N3OS. The minimum Gasteiger partial charge on any atom is -0.385 e. The molecule has 1 aliphatic carbocycles. The number of methoxy groups -OCH3 is 1. The minimum atomic E-state index is 0.445. The summed E-state index contributed by atoms with van der Waals surface area (Å²) in [6.07, 6.45) is 7.36. The number of nitrogens with zero attached hydrogens (tertiary/aromatic N) is 2. The molecule has 0 radical (unpaired) electrons. The topological polar surface area (TPSA) is 47.0 Å². The van der Waals surface area contributed by atoms with E-state index in [0.717, 1.165) is 30.4 Å². The van der Waals surface area contributed by atoms with Gasteiger partial charge in [-0.2, -0.15) is 0 Å². The van der Waals surface area contributed by atoms with Gasteiger partial charge in [-0.3, -0.25) is 0 Å². The highest BCUT2D eigenvalue weighted by Gasteiger charge is 2.41. The lowest BCUT2D eigenvalue weighted by molar-refractivity contribution is 0.175. The molecule has 1 saturated carbocycles. The van der Waals surface area contributed by atoms with Crippen LogP contribution >= 0.6 is 11.8 Å². The van der Waals surface area contributed by atoms with Crippen LogP contribution in [0.1, 0.15) is 19.3 Å². The lowest BCUT2D eigenvalue weighted by Gasteiger charge is -2.15. The Balaban J connectivity index is 1.85. The maximum absolute atomic E-state index is 5.15. The van der Waals surface area contributed by atoms with E-state index < -0.39 is 0 Å². The van der Waals surface area contributed by atoms with Crippen molar-refractivity contribution in [3.63, 3.8) is 0 Å². The van der Waals surface area contributed by atoms with Gasteiger partial charge in [0.15, 0.2) is 0 Å². The van der Waals surface area contributed by atoms with Gasteiger partial charge < -0.3 is 10.1 Å². The van der Waals surface area contributed by atoms with Gasteiger partial charge in [0.1, 0.15) is 17.2 Å². The van der Waals surface area contributed by atoms with Crippen LogP contribution in [0.4, 0.5) is 5.82 Å². The predicted octanol–water partition coefficient (Wildman–Crippen LogP) is 2.43. The van der Waals surface area contributed by atoms with E-state index in [2.05, 4.69) is 15.3 Å². The number of thioether (sulfide) groups is 1. The Morgan fingerprint density at radius 2 is 2.29 bits per heavy atom. The summed E-state index contributed by atoms with van der Waals surface area (Å²) in [6, 6.07) is 2.00. The molecule has 1 aliphatic rings. The zero-order chi connectivity index (χ0) is 12.1. The SMILES string of the molecule is COCCC1(CNc2cc(SC)ncn2)CC1. The van der Waals surface area contributed by atoms with Crippen molar-refractivity contribution < 1.29 is 4.74 Å². The molecule has 4 nitrogen and oxygen atoms in total. The minimum absolute atomic E-state index is 0.445. The van der Waals surface area contributed by atoms with E-state index in [-0.39, 0.29) is 0 Å². The van der Waals surface area contributed by atoms with E-state index in [9.17, 15) is 0 Å². The van der Waals surface area contributed by atoms with Gasteiger partial charge in [-0.25, -0.2) is 9.97 Å². The summed E-state index contributed by atoms with van der Waals surface area (Å²) in [7, 11) is 1.76. The van der Waals surface area contributed by atoms with Crippen LogP contribution in [-0.2, 0) is 4.74 Å². The second kappa shape index (κ2) is 5.69. The van der Waals surface area contributed by atoms with Gasteiger partial charge in [0, 0.05) is 26.3 Å². The fourth-order valence-electron chi connectivity index (χ4n) is 1.84. The maximum Gasteiger partial charge on any atom is 0.130 e. The molecule has 1 aromatic heterocycles. The summed E-state index contributed by atoms with van der Waals surface area (Å²) in [5.74, 6) is 0.924. The van der Waals surface area contributed by atoms with Crippen molar-refractivity contribution in [3.8, 4) is 0 Å². The molecule has 0 spiro atoms. The molecule has 0 aliphatic heterocycles. The maximum atomic E-state index is 5.15. The van der Waals surface area contributed by atoms with Crippen LogP contribution in [-0.4, -0.2) is 36.5 Å². The lowest BCUT2D eigenvalue weighted by Crippen LogP contribution is -2.17. The molecule has 5 heteroatoms. The van der Waals surface area contributed by atoms with Crippen molar-refractivity contribution >= 4 is 17.6 Å². The van der Waals surface area contributed by atoms with E-state index in [1.165, 1.54) is 12.8 Å². The molecule has 1 aromatic rings. The fourth-order valence-corrected chi connectivity index (χ4v) is 2.22. The standard InChI is InChI=1S/C12H19N3OS/c1-16-6-5-12(3-4-12)8-13-10-7-11(17-2)15-9-14-10/h7,9H,3-6,8H2,1-2H3,(H,13,14,15). The van der Waals surface area contributed by atoms with E-state index in [1.54, 1.807) is 25.2 Å². The van der Waals surface area contributed by atoms with Crippen molar-refractivity contribution in [1.29, 1.82) is 0 Å². The smallest absolute Gasteiger partial charge is 0.130 e. The monoisotopic (exact) mass is 253 g/mol. The van der Waals surface area contributed by atoms with Crippen molar-refractivity contribution in [2.24, 2.45) is 5.41 Å². The number of rotatable bonds is 7. The van der Waals surface area contributed by atoms with Gasteiger partial charge in [-0.05, 0) is 30.9 Å². The fraction of sp³-hybridized carbons (Fsp3) is 0.667. The van der Waals surface area contributed by atoms with Crippen LogP contribution in [0.25, 0.3) is 0 Å². The third-order valence-electron chi connectivity index (χ3n) is 3.29. The van der Waals surface area contributed by atoms with Crippen LogP contribution in [0.3, 0.4) is 0 Å². The molecule has 0 aromatic carbocycles. The first kappa shape index (κ1) is 12.6. The first-order valence-electron chi connectivity index (χ1n) is 5.87. The van der Waals surface area contributed by atoms with E-state index in [1.807, 2.05) is 12.3 Å². The van der Waals surface area contributed by atoms with Gasteiger partial charge in [0.2, 0.25) is 0 Å². The number of hydrogen-bond acceptors (Lipinski definition) is 5. The van der Waals surface area contributed by atoms with Crippen LogP contribution in [0, 0.1) is 5.41 Å². The zero-order valence-corrected chi connectivity index (χ0v) is 11.2. The quantitative estimate of drug-likeness (QED) is 0.597. The largest absolute Gasteiger partial charge is 0.385 e. The average Bonchev–Trinajstić information content (AvgIpc) is 3.15. The third-order valence-corrected chi connectivity index (χ3v) is 3.93. The third kappa shape index (κ3) is 3.57. The first-order valence-corrected chi connectivity index (χ1v) is 7.09. The summed E-state index contributed by atoms with van der Waals surface area (Å²) in [5, 5.41) is 4.41. The molecule has 0 amide bonds. The Kier molecular flexibility index (Phi) is 4.23. The lowest BCUT2D eigenvalue weighted by atomic mass is 10.0. The highest BCUT2D eigenvalue weighted by atomic mass is 32.2. The molecule has 0 unspecified atom stereocenters. The van der Waals surface area contributed by atoms with Crippen molar-refractivity contribution in [2.75, 3.05) is 31.8 Å². The van der Waals surface area contributed by atoms with Crippen LogP contribution < -0.4 is 5.32 Å². The number of aromatic nitrogens is 2. The highest BCUT2D eigenvalue weighted by molar-refractivity contribution is 7.98. The van der Waals surface area contributed by atoms with Gasteiger partial charge in [-0.15, -0.1) is 11.8 Å². The Bertz CT molecular complexity index is 369. The zero-order valence-electron chi connectivity index (χ0n) is 10.4. The number of ether oxygens (including phenoxy) is 1. The molecule has 1 N–H and O–H groups in total. The highest BCUT2D eigenvalue weighted by Crippen LogP contribution is 2.48.